The molecular formula is C16H25N3O3. The molecule has 0 unspecified atom stereocenters. The van der Waals surface area contributed by atoms with Crippen LogP contribution >= 0.6 is 0 Å². The van der Waals surface area contributed by atoms with E-state index in [0.29, 0.717) is 5.56 Å². The van der Waals surface area contributed by atoms with Crippen molar-refractivity contribution in [2.75, 3.05) is 19.6 Å². The van der Waals surface area contributed by atoms with Crippen molar-refractivity contribution in [2.24, 2.45) is 0 Å². The number of carbonyl (C=O) groups excluding carboxylic acids is 2. The first-order valence-electron chi connectivity index (χ1n) is 7.96. The van der Waals surface area contributed by atoms with Gasteiger partial charge in [0, 0.05) is 12.6 Å². The second-order valence-corrected chi connectivity index (χ2v) is 5.83. The Bertz CT molecular complexity index is 481. The molecule has 1 aliphatic heterocycles. The Balaban J connectivity index is 1.80. The SMILES string of the molecule is CC[C@@H](CN1CCCC1)NC(=O)[C@H](C)NC(=O)c1ccoc1. The average molecular weight is 307 g/mol. The van der Waals surface area contributed by atoms with Gasteiger partial charge in [0.05, 0.1) is 11.8 Å². The van der Waals surface area contributed by atoms with E-state index < -0.39 is 6.04 Å². The van der Waals surface area contributed by atoms with Crippen LogP contribution in [0.3, 0.4) is 0 Å². The monoisotopic (exact) mass is 307 g/mol. The van der Waals surface area contributed by atoms with Crippen LogP contribution in [-0.2, 0) is 4.79 Å². The molecule has 6 nitrogen and oxygen atoms in total. The van der Waals surface area contributed by atoms with E-state index in [1.165, 1.54) is 25.4 Å². The highest BCUT2D eigenvalue weighted by atomic mass is 16.3. The third-order valence-electron chi connectivity index (χ3n) is 4.04. The van der Waals surface area contributed by atoms with Crippen LogP contribution in [0.2, 0.25) is 0 Å². The molecule has 2 atom stereocenters. The zero-order valence-corrected chi connectivity index (χ0v) is 13.3. The van der Waals surface area contributed by atoms with Crippen molar-refractivity contribution in [3.63, 3.8) is 0 Å². The number of hydrogen-bond donors (Lipinski definition) is 2. The number of nitrogens with zero attached hydrogens (tertiary/aromatic N) is 1. The molecule has 0 saturated carbocycles. The predicted octanol–water partition coefficient (Wildman–Crippen LogP) is 1.39. The first kappa shape index (κ1) is 16.5. The predicted molar refractivity (Wildman–Crippen MR) is 83.5 cm³/mol. The highest BCUT2D eigenvalue weighted by Crippen LogP contribution is 2.09. The van der Waals surface area contributed by atoms with Crippen LogP contribution in [-0.4, -0.2) is 48.4 Å². The molecule has 0 aliphatic carbocycles. The maximum absolute atomic E-state index is 12.2. The lowest BCUT2D eigenvalue weighted by molar-refractivity contribution is -0.123. The van der Waals surface area contributed by atoms with Crippen molar-refractivity contribution >= 4 is 11.8 Å². The summed E-state index contributed by atoms with van der Waals surface area (Å²) in [5.74, 6) is -0.452. The van der Waals surface area contributed by atoms with Crippen molar-refractivity contribution in [3.8, 4) is 0 Å². The van der Waals surface area contributed by atoms with Gasteiger partial charge in [0.1, 0.15) is 12.3 Å². The molecule has 122 valence electrons. The van der Waals surface area contributed by atoms with Crippen molar-refractivity contribution in [3.05, 3.63) is 24.2 Å². The fraction of sp³-hybridized carbons (Fsp3) is 0.625. The van der Waals surface area contributed by atoms with Gasteiger partial charge in [-0.25, -0.2) is 0 Å². The Labute approximate surface area is 131 Å². The molecule has 0 aromatic carbocycles. The summed E-state index contributed by atoms with van der Waals surface area (Å²) in [4.78, 5) is 26.5. The summed E-state index contributed by atoms with van der Waals surface area (Å²) in [5, 5.41) is 5.71. The third-order valence-corrected chi connectivity index (χ3v) is 4.04. The Hall–Kier alpha value is -1.82. The number of likely N-dealkylation sites (tertiary alicyclic amines) is 1. The third kappa shape index (κ3) is 4.59. The van der Waals surface area contributed by atoms with Crippen LogP contribution in [0.15, 0.2) is 23.0 Å². The number of hydrogen-bond acceptors (Lipinski definition) is 4. The van der Waals surface area contributed by atoms with Crippen LogP contribution in [0.5, 0.6) is 0 Å². The average Bonchev–Trinajstić information content (AvgIpc) is 3.19. The standard InChI is InChI=1S/C16H25N3O3/c1-3-14(10-19-7-4-5-8-19)18-15(20)12(2)17-16(21)13-6-9-22-11-13/h6,9,11-12,14H,3-5,7-8,10H2,1-2H3,(H,17,21)(H,18,20)/t12-,14-/m0/s1. The maximum Gasteiger partial charge on any atom is 0.255 e. The van der Waals surface area contributed by atoms with Crippen LogP contribution in [0.1, 0.15) is 43.5 Å². The van der Waals surface area contributed by atoms with Gasteiger partial charge in [-0.2, -0.15) is 0 Å². The number of furan rings is 1. The van der Waals surface area contributed by atoms with Gasteiger partial charge in [-0.3, -0.25) is 9.59 Å². The molecule has 0 bridgehead atoms. The molecule has 0 spiro atoms. The van der Waals surface area contributed by atoms with Crippen LogP contribution in [0.25, 0.3) is 0 Å². The molecule has 2 rings (SSSR count). The van der Waals surface area contributed by atoms with Crippen molar-refractivity contribution < 1.29 is 14.0 Å². The molecule has 1 saturated heterocycles. The first-order valence-corrected chi connectivity index (χ1v) is 7.96. The summed E-state index contributed by atoms with van der Waals surface area (Å²) in [6, 6.07) is 1.12. The quantitative estimate of drug-likeness (QED) is 0.798. The van der Waals surface area contributed by atoms with Gasteiger partial charge in [0.25, 0.3) is 5.91 Å². The van der Waals surface area contributed by atoms with Gasteiger partial charge >= 0.3 is 0 Å². The first-order chi connectivity index (χ1) is 10.6. The normalized spacial score (nSPS) is 17.9. The molecule has 2 N–H and O–H groups in total. The van der Waals surface area contributed by atoms with Crippen molar-refractivity contribution in [2.45, 2.75) is 45.2 Å². The van der Waals surface area contributed by atoms with Crippen LogP contribution in [0.4, 0.5) is 0 Å². The second kappa shape index (κ2) is 7.98. The summed E-state index contributed by atoms with van der Waals surface area (Å²) < 4.78 is 4.87. The summed E-state index contributed by atoms with van der Waals surface area (Å²) in [7, 11) is 0. The molecular weight excluding hydrogens is 282 g/mol. The minimum atomic E-state index is -0.574. The molecule has 2 heterocycles. The van der Waals surface area contributed by atoms with E-state index in [2.05, 4.69) is 22.5 Å². The zero-order chi connectivity index (χ0) is 15.9. The van der Waals surface area contributed by atoms with E-state index in [1.807, 2.05) is 0 Å². The lowest BCUT2D eigenvalue weighted by Crippen LogP contribution is -2.50. The number of carbonyl (C=O) groups is 2. The lowest BCUT2D eigenvalue weighted by Gasteiger charge is -2.25. The second-order valence-electron chi connectivity index (χ2n) is 5.83. The largest absolute Gasteiger partial charge is 0.472 e. The van der Waals surface area contributed by atoms with E-state index in [1.54, 1.807) is 13.0 Å². The summed E-state index contributed by atoms with van der Waals surface area (Å²) in [5.41, 5.74) is 0.420. The van der Waals surface area contributed by atoms with E-state index in [-0.39, 0.29) is 17.9 Å². The van der Waals surface area contributed by atoms with E-state index in [0.717, 1.165) is 26.1 Å². The number of amides is 2. The zero-order valence-electron chi connectivity index (χ0n) is 13.3. The van der Waals surface area contributed by atoms with Crippen molar-refractivity contribution in [1.82, 2.24) is 15.5 Å². The molecule has 0 radical (unpaired) electrons. The van der Waals surface area contributed by atoms with Gasteiger partial charge in [-0.05, 0) is 45.3 Å². The molecule has 1 aromatic heterocycles. The molecule has 1 fully saturated rings. The van der Waals surface area contributed by atoms with Crippen LogP contribution < -0.4 is 10.6 Å². The smallest absolute Gasteiger partial charge is 0.255 e. The molecule has 1 aliphatic rings. The van der Waals surface area contributed by atoms with E-state index in [9.17, 15) is 9.59 Å². The Morgan fingerprint density at radius 1 is 1.32 bits per heavy atom. The Morgan fingerprint density at radius 3 is 2.64 bits per heavy atom. The molecule has 22 heavy (non-hydrogen) atoms. The van der Waals surface area contributed by atoms with Gasteiger partial charge in [0.15, 0.2) is 0 Å². The van der Waals surface area contributed by atoms with Gasteiger partial charge < -0.3 is 20.0 Å². The van der Waals surface area contributed by atoms with E-state index >= 15 is 0 Å². The summed E-state index contributed by atoms with van der Waals surface area (Å²) in [6.45, 7) is 6.86. The topological polar surface area (TPSA) is 74.6 Å². The van der Waals surface area contributed by atoms with Gasteiger partial charge in [0.2, 0.25) is 5.91 Å². The molecule has 6 heteroatoms. The number of nitrogens with one attached hydrogen (secondary N) is 2. The van der Waals surface area contributed by atoms with E-state index in [4.69, 9.17) is 4.42 Å². The Morgan fingerprint density at radius 2 is 2.05 bits per heavy atom. The highest BCUT2D eigenvalue weighted by Gasteiger charge is 2.22. The summed E-state index contributed by atoms with van der Waals surface area (Å²) >= 11 is 0. The minimum absolute atomic E-state index is 0.124. The minimum Gasteiger partial charge on any atom is -0.472 e. The van der Waals surface area contributed by atoms with Gasteiger partial charge in [-0.1, -0.05) is 6.92 Å². The lowest BCUT2D eigenvalue weighted by atomic mass is 10.2. The van der Waals surface area contributed by atoms with Gasteiger partial charge in [-0.15, -0.1) is 0 Å². The fourth-order valence-corrected chi connectivity index (χ4v) is 2.62. The Kier molecular flexibility index (Phi) is 6.00. The highest BCUT2D eigenvalue weighted by molar-refractivity contribution is 5.97. The number of rotatable bonds is 7. The summed E-state index contributed by atoms with van der Waals surface area (Å²) in [6.07, 6.45) is 6.15. The van der Waals surface area contributed by atoms with Crippen LogP contribution in [0, 0.1) is 0 Å². The fourth-order valence-electron chi connectivity index (χ4n) is 2.62. The van der Waals surface area contributed by atoms with Crippen molar-refractivity contribution in [1.29, 1.82) is 0 Å². The maximum atomic E-state index is 12.2. The molecule has 1 aromatic rings. The molecule has 2 amide bonds.